The maximum atomic E-state index is 10.5. The average Bonchev–Trinajstić information content (AvgIpc) is 3.39. The van der Waals surface area contributed by atoms with Crippen LogP contribution in [0.5, 0.6) is 5.75 Å². The number of aromatic nitrogens is 2. The number of amides is 1. The molecular weight excluding hydrogens is 386 g/mol. The summed E-state index contributed by atoms with van der Waals surface area (Å²) in [6, 6.07) is 5.54. The lowest BCUT2D eigenvalue weighted by Gasteiger charge is -2.15. The van der Waals surface area contributed by atoms with E-state index >= 15 is 0 Å². The molecule has 2 N–H and O–H groups in total. The summed E-state index contributed by atoms with van der Waals surface area (Å²) in [5.41, 5.74) is 1.28. The van der Waals surface area contributed by atoms with Gasteiger partial charge in [-0.1, -0.05) is 24.9 Å². The lowest BCUT2D eigenvalue weighted by atomic mass is 10.2. The average molecular weight is 420 g/mol. The van der Waals surface area contributed by atoms with Crippen LogP contribution in [0.2, 0.25) is 0 Å². The fraction of sp³-hybridized carbons (Fsp3) is 0.571. The van der Waals surface area contributed by atoms with Crippen LogP contribution in [0.1, 0.15) is 26.2 Å². The minimum atomic E-state index is 0.346. The van der Waals surface area contributed by atoms with Crippen molar-refractivity contribution < 1.29 is 18.7 Å². The predicted octanol–water partition coefficient (Wildman–Crippen LogP) is 3.11. The fourth-order valence-corrected chi connectivity index (χ4v) is 2.50. The first-order valence-electron chi connectivity index (χ1n) is 10.2. The number of hydrogen-bond donors (Lipinski definition) is 2. The molecule has 3 rings (SSSR count). The summed E-state index contributed by atoms with van der Waals surface area (Å²) in [5.74, 6) is 1.96. The number of methoxy groups -OCH3 is 2. The van der Waals surface area contributed by atoms with E-state index in [0.717, 1.165) is 38.6 Å². The minimum absolute atomic E-state index is 0.346. The molecule has 2 aromatic rings. The lowest BCUT2D eigenvalue weighted by molar-refractivity contribution is -0.105. The number of nitrogens with one attached hydrogen (secondary N) is 2. The third kappa shape index (κ3) is 8.38. The van der Waals surface area contributed by atoms with Gasteiger partial charge in [-0.15, -0.1) is 5.10 Å². The van der Waals surface area contributed by atoms with Gasteiger partial charge >= 0.3 is 6.01 Å². The van der Waals surface area contributed by atoms with Crippen LogP contribution in [0.4, 0.5) is 11.7 Å². The third-order valence-electron chi connectivity index (χ3n) is 4.62. The van der Waals surface area contributed by atoms with Gasteiger partial charge in [0.25, 0.3) is 5.89 Å². The first kappa shape index (κ1) is 23.6. The van der Waals surface area contributed by atoms with Crippen molar-refractivity contribution in [2.75, 3.05) is 58.1 Å². The topological polar surface area (TPSA) is 102 Å². The molecule has 9 heteroatoms. The van der Waals surface area contributed by atoms with Gasteiger partial charge in [-0.3, -0.25) is 4.79 Å². The SMILES string of the molecule is CC1CC1.COCCN(C)CCCNc1nnc(-c2ccc(NC=O)cc2OC)o1. The molecule has 0 unspecified atom stereocenters. The first-order chi connectivity index (χ1) is 14.6. The van der Waals surface area contributed by atoms with Crippen molar-refractivity contribution in [2.45, 2.75) is 26.2 Å². The summed E-state index contributed by atoms with van der Waals surface area (Å²) in [7, 11) is 5.29. The first-order valence-corrected chi connectivity index (χ1v) is 10.2. The standard InChI is InChI=1S/C17H25N5O4.C4H8/c1-22(9-10-24-2)8-4-7-18-17-21-20-16(26-17)14-6-5-13(19-12-23)11-15(14)25-3;1-4-2-3-4/h5-6,11-12H,4,7-10H2,1-3H3,(H,18,21)(H,19,23);4H,2-3H2,1H3. The quantitative estimate of drug-likeness (QED) is 0.400. The molecule has 0 saturated heterocycles. The number of rotatable bonds is 12. The molecule has 0 aliphatic heterocycles. The second-order valence-corrected chi connectivity index (χ2v) is 7.35. The number of carbonyl (C=O) groups is 1. The van der Waals surface area contributed by atoms with Crippen molar-refractivity contribution in [2.24, 2.45) is 5.92 Å². The zero-order valence-electron chi connectivity index (χ0n) is 18.3. The van der Waals surface area contributed by atoms with Crippen LogP contribution in [-0.2, 0) is 9.53 Å². The molecule has 1 amide bonds. The van der Waals surface area contributed by atoms with Crippen LogP contribution in [0, 0.1) is 5.92 Å². The molecule has 1 aliphatic carbocycles. The Labute approximate surface area is 178 Å². The van der Waals surface area contributed by atoms with Gasteiger partial charge in [0.05, 0.1) is 19.3 Å². The van der Waals surface area contributed by atoms with E-state index in [4.69, 9.17) is 13.9 Å². The van der Waals surface area contributed by atoms with Crippen LogP contribution in [0.25, 0.3) is 11.5 Å². The third-order valence-corrected chi connectivity index (χ3v) is 4.62. The molecule has 30 heavy (non-hydrogen) atoms. The van der Waals surface area contributed by atoms with Gasteiger partial charge in [-0.25, -0.2) is 0 Å². The van der Waals surface area contributed by atoms with Crippen LogP contribution >= 0.6 is 0 Å². The highest BCUT2D eigenvalue weighted by molar-refractivity contribution is 5.75. The Morgan fingerprint density at radius 1 is 1.27 bits per heavy atom. The van der Waals surface area contributed by atoms with Gasteiger partial charge in [0.15, 0.2) is 0 Å². The highest BCUT2D eigenvalue weighted by Gasteiger charge is 2.14. The molecule has 1 saturated carbocycles. The summed E-state index contributed by atoms with van der Waals surface area (Å²) >= 11 is 0. The van der Waals surface area contributed by atoms with E-state index in [0.29, 0.717) is 35.3 Å². The summed E-state index contributed by atoms with van der Waals surface area (Å²) in [5, 5.41) is 13.7. The normalized spacial score (nSPS) is 12.8. The monoisotopic (exact) mass is 419 g/mol. The Kier molecular flexibility index (Phi) is 10.1. The molecular formula is C21H33N5O4. The molecule has 1 fully saturated rings. The molecule has 9 nitrogen and oxygen atoms in total. The molecule has 0 radical (unpaired) electrons. The van der Waals surface area contributed by atoms with Crippen LogP contribution in [-0.4, -0.2) is 69.0 Å². The zero-order chi connectivity index (χ0) is 21.8. The fourth-order valence-electron chi connectivity index (χ4n) is 2.50. The van der Waals surface area contributed by atoms with Gasteiger partial charge in [-0.05, 0) is 38.1 Å². The lowest BCUT2D eigenvalue weighted by Crippen LogP contribution is -2.25. The largest absolute Gasteiger partial charge is 0.496 e. The molecule has 1 aliphatic rings. The van der Waals surface area contributed by atoms with Gasteiger partial charge < -0.3 is 29.4 Å². The van der Waals surface area contributed by atoms with Crippen molar-refractivity contribution in [1.82, 2.24) is 15.1 Å². The van der Waals surface area contributed by atoms with Crippen molar-refractivity contribution in [1.29, 1.82) is 0 Å². The summed E-state index contributed by atoms with van der Waals surface area (Å²) in [6.07, 6.45) is 4.52. The van der Waals surface area contributed by atoms with Crippen LogP contribution < -0.4 is 15.4 Å². The van der Waals surface area contributed by atoms with E-state index in [2.05, 4.69) is 39.7 Å². The minimum Gasteiger partial charge on any atom is -0.496 e. The number of hydrogen-bond acceptors (Lipinski definition) is 8. The Balaban J connectivity index is 0.000000713. The molecule has 0 bridgehead atoms. The van der Waals surface area contributed by atoms with Gasteiger partial charge in [-0.2, -0.15) is 0 Å². The van der Waals surface area contributed by atoms with E-state index in [-0.39, 0.29) is 0 Å². The number of carbonyl (C=O) groups excluding carboxylic acids is 1. The van der Waals surface area contributed by atoms with Crippen LogP contribution in [0.3, 0.4) is 0 Å². The Bertz CT molecular complexity index is 764. The maximum Gasteiger partial charge on any atom is 0.315 e. The van der Waals surface area contributed by atoms with E-state index in [1.165, 1.54) is 12.8 Å². The highest BCUT2D eigenvalue weighted by atomic mass is 16.5. The Hall–Kier alpha value is -2.65. The summed E-state index contributed by atoms with van der Waals surface area (Å²) in [6.45, 7) is 5.56. The molecule has 1 aromatic carbocycles. The zero-order valence-corrected chi connectivity index (χ0v) is 18.3. The van der Waals surface area contributed by atoms with Gasteiger partial charge in [0.1, 0.15) is 5.75 Å². The number of anilines is 2. The second-order valence-electron chi connectivity index (χ2n) is 7.35. The van der Waals surface area contributed by atoms with E-state index in [1.54, 1.807) is 32.4 Å². The Morgan fingerprint density at radius 3 is 2.67 bits per heavy atom. The smallest absolute Gasteiger partial charge is 0.315 e. The van der Waals surface area contributed by atoms with E-state index in [1.807, 2.05) is 0 Å². The maximum absolute atomic E-state index is 10.5. The number of nitrogens with zero attached hydrogens (tertiary/aromatic N) is 3. The predicted molar refractivity (Wildman–Crippen MR) is 117 cm³/mol. The highest BCUT2D eigenvalue weighted by Crippen LogP contribution is 2.32. The van der Waals surface area contributed by atoms with E-state index in [9.17, 15) is 4.79 Å². The molecule has 0 spiro atoms. The summed E-state index contributed by atoms with van der Waals surface area (Å²) in [4.78, 5) is 12.7. The summed E-state index contributed by atoms with van der Waals surface area (Å²) < 4.78 is 16.0. The second kappa shape index (κ2) is 12.8. The molecule has 1 heterocycles. The van der Waals surface area contributed by atoms with Crippen molar-refractivity contribution in [3.05, 3.63) is 18.2 Å². The number of ether oxygens (including phenoxy) is 2. The number of benzene rings is 1. The van der Waals surface area contributed by atoms with Crippen molar-refractivity contribution in [3.8, 4) is 17.2 Å². The molecule has 1 aromatic heterocycles. The number of likely N-dealkylation sites (N-methyl/N-ethyl adjacent to an activating group) is 1. The Morgan fingerprint density at radius 2 is 2.03 bits per heavy atom. The van der Waals surface area contributed by atoms with Gasteiger partial charge in [0.2, 0.25) is 6.41 Å². The van der Waals surface area contributed by atoms with E-state index < -0.39 is 0 Å². The van der Waals surface area contributed by atoms with Crippen LogP contribution in [0.15, 0.2) is 22.6 Å². The molecule has 0 atom stereocenters. The van der Waals surface area contributed by atoms with Crippen molar-refractivity contribution in [3.63, 3.8) is 0 Å². The van der Waals surface area contributed by atoms with Crippen molar-refractivity contribution >= 4 is 18.1 Å². The van der Waals surface area contributed by atoms with Gasteiger partial charge in [0, 0.05) is 32.0 Å². The molecule has 166 valence electrons.